The first kappa shape index (κ1) is 18.4. The van der Waals surface area contributed by atoms with Crippen molar-refractivity contribution in [2.45, 2.75) is 26.2 Å². The van der Waals surface area contributed by atoms with Crippen molar-refractivity contribution < 1.29 is 26.5 Å². The smallest absolute Gasteiger partial charge is 1.00 e. The molecule has 0 radical (unpaired) electrons. The Morgan fingerprint density at radius 2 is 2.00 bits per heavy atom. The van der Waals surface area contributed by atoms with Crippen molar-refractivity contribution in [3.8, 4) is 11.5 Å². The van der Waals surface area contributed by atoms with E-state index in [-0.39, 0.29) is 40.0 Å². The van der Waals surface area contributed by atoms with Gasteiger partial charge in [0.1, 0.15) is 0 Å². The molecule has 0 saturated heterocycles. The van der Waals surface area contributed by atoms with E-state index in [1.165, 1.54) is 12.8 Å². The molecular weight excluding hydrogens is 280 g/mol. The van der Waals surface area contributed by atoms with Crippen molar-refractivity contribution in [2.75, 3.05) is 13.7 Å². The molecule has 1 rings (SSSR count). The van der Waals surface area contributed by atoms with Crippen LogP contribution in [0.1, 0.15) is 26.2 Å². The van der Waals surface area contributed by atoms with Gasteiger partial charge in [0.05, 0.1) is 19.5 Å². The fourth-order valence-corrected chi connectivity index (χ4v) is 1.21. The summed E-state index contributed by atoms with van der Waals surface area (Å²) < 4.78 is 10.7. The first-order chi connectivity index (χ1) is 6.88. The zero-order valence-electron chi connectivity index (χ0n) is 9.96. The molecule has 0 bridgehead atoms. The molecule has 4 heteroatoms. The second kappa shape index (κ2) is 11.5. The van der Waals surface area contributed by atoms with Crippen molar-refractivity contribution in [3.05, 3.63) is 24.3 Å². The molecule has 0 saturated carbocycles. The number of halogens is 1. The molecule has 0 aliphatic heterocycles. The molecule has 0 atom stereocenters. The number of hydrogen-bond donors (Lipinski definition) is 0. The fourth-order valence-electron chi connectivity index (χ4n) is 1.21. The summed E-state index contributed by atoms with van der Waals surface area (Å²) >= 11 is 0. The molecule has 16 heavy (non-hydrogen) atoms. The van der Waals surface area contributed by atoms with E-state index in [0.717, 1.165) is 24.5 Å². The third kappa shape index (κ3) is 6.61. The molecule has 0 aliphatic rings. The van der Waals surface area contributed by atoms with Gasteiger partial charge in [0.2, 0.25) is 0 Å². The summed E-state index contributed by atoms with van der Waals surface area (Å²) in [6.07, 6.45) is 3.52. The zero-order chi connectivity index (χ0) is 10.2. The number of hydrogen-bond acceptors (Lipinski definition) is 2. The summed E-state index contributed by atoms with van der Waals surface area (Å²) in [5.41, 5.74) is 0. The van der Waals surface area contributed by atoms with Gasteiger partial charge in [-0.1, -0.05) is 19.8 Å². The van der Waals surface area contributed by atoms with Crippen LogP contribution in [0.2, 0.25) is 0 Å². The molecule has 2 nitrogen and oxygen atoms in total. The minimum absolute atomic E-state index is 0. The van der Waals surface area contributed by atoms with Crippen LogP contribution in [0.25, 0.3) is 0 Å². The van der Waals surface area contributed by atoms with Crippen LogP contribution in [0.3, 0.4) is 0 Å². The van der Waals surface area contributed by atoms with Crippen molar-refractivity contribution in [1.82, 2.24) is 0 Å². The van der Waals surface area contributed by atoms with Crippen molar-refractivity contribution in [1.29, 1.82) is 0 Å². The number of methoxy groups -OCH3 is 1. The van der Waals surface area contributed by atoms with E-state index >= 15 is 0 Å². The Morgan fingerprint density at radius 3 is 2.62 bits per heavy atom. The van der Waals surface area contributed by atoms with Gasteiger partial charge in [0.15, 0.2) is 0 Å². The Bertz CT molecular complexity index is 269. The molecule has 0 aliphatic carbocycles. The van der Waals surface area contributed by atoms with Crippen LogP contribution in [-0.2, 0) is 0 Å². The maximum absolute atomic E-state index is 5.59. The third-order valence-corrected chi connectivity index (χ3v) is 2.01. The number of benzene rings is 1. The van der Waals surface area contributed by atoms with E-state index in [4.69, 9.17) is 9.47 Å². The fraction of sp³-hybridized carbons (Fsp3) is 0.500. The van der Waals surface area contributed by atoms with Crippen molar-refractivity contribution >= 4 is 23.1 Å². The van der Waals surface area contributed by atoms with Gasteiger partial charge in [0.25, 0.3) is 0 Å². The Labute approximate surface area is 125 Å². The van der Waals surface area contributed by atoms with E-state index in [0.29, 0.717) is 0 Å². The van der Waals surface area contributed by atoms with Gasteiger partial charge >= 0.3 is 23.1 Å². The summed E-state index contributed by atoms with van der Waals surface area (Å²) in [5, 5.41) is 0. The predicted molar refractivity (Wildman–Crippen MR) is 62.6 cm³/mol. The molecule has 1 aromatic carbocycles. The Balaban J connectivity index is 0. The first-order valence-electron chi connectivity index (χ1n) is 5.05. The first-order valence-corrected chi connectivity index (χ1v) is 5.05. The second-order valence-electron chi connectivity index (χ2n) is 3.13. The monoisotopic (exact) mass is 296 g/mol. The number of unbranched alkanes of at least 4 members (excludes halogenated alkanes) is 2. The van der Waals surface area contributed by atoms with E-state index in [1.54, 1.807) is 13.2 Å². The summed E-state index contributed by atoms with van der Waals surface area (Å²) in [5.74, 6) is 1.56. The molecule has 1 aromatic rings. The molecule has 0 N–H and O–H groups in total. The van der Waals surface area contributed by atoms with Gasteiger partial charge < -0.3 is 26.5 Å². The molecule has 0 amide bonds. The molecule has 0 heterocycles. The third-order valence-electron chi connectivity index (χ3n) is 2.01. The van der Waals surface area contributed by atoms with Gasteiger partial charge in [-0.2, -0.15) is 12.1 Å². The molecular formula is C12H17BrMgO2. The van der Waals surface area contributed by atoms with Crippen LogP contribution < -0.4 is 26.5 Å². The van der Waals surface area contributed by atoms with Crippen LogP contribution in [0.15, 0.2) is 18.2 Å². The maximum atomic E-state index is 5.59. The van der Waals surface area contributed by atoms with Crippen molar-refractivity contribution in [3.63, 3.8) is 0 Å². The zero-order valence-corrected chi connectivity index (χ0v) is 13.0. The van der Waals surface area contributed by atoms with E-state index in [1.807, 2.05) is 12.1 Å². The van der Waals surface area contributed by atoms with Crippen LogP contribution >= 0.6 is 0 Å². The van der Waals surface area contributed by atoms with Crippen LogP contribution in [0, 0.1) is 6.07 Å². The topological polar surface area (TPSA) is 18.5 Å². The van der Waals surface area contributed by atoms with Crippen LogP contribution in [-0.4, -0.2) is 36.8 Å². The SMILES string of the molecule is CCCCCOc1cc[c-]cc1OC.[Br-].[Mg+2]. The van der Waals surface area contributed by atoms with Gasteiger partial charge in [-0.15, -0.1) is 12.1 Å². The number of ether oxygens (including phenoxy) is 2. The average molecular weight is 297 g/mol. The van der Waals surface area contributed by atoms with Gasteiger partial charge in [-0.25, -0.2) is 0 Å². The predicted octanol–water partition coefficient (Wildman–Crippen LogP) is -0.312. The number of rotatable bonds is 6. The van der Waals surface area contributed by atoms with E-state index in [2.05, 4.69) is 13.0 Å². The average Bonchev–Trinajstić information content (AvgIpc) is 2.25. The summed E-state index contributed by atoms with van der Waals surface area (Å²) in [6, 6.07) is 8.45. The second-order valence-corrected chi connectivity index (χ2v) is 3.13. The van der Waals surface area contributed by atoms with E-state index in [9.17, 15) is 0 Å². The maximum Gasteiger partial charge on any atom is 2.00 e. The molecule has 86 valence electrons. The minimum atomic E-state index is 0. The largest absolute Gasteiger partial charge is 2.00 e. The van der Waals surface area contributed by atoms with Crippen LogP contribution in [0.5, 0.6) is 11.5 Å². The Kier molecular flexibility index (Phi) is 13.3. The van der Waals surface area contributed by atoms with Gasteiger partial charge in [0, 0.05) is 5.75 Å². The molecule has 0 aromatic heterocycles. The Hall–Kier alpha value is 0.0662. The molecule has 0 unspecified atom stereocenters. The van der Waals surface area contributed by atoms with Crippen LogP contribution in [0.4, 0.5) is 0 Å². The van der Waals surface area contributed by atoms with Gasteiger partial charge in [-0.05, 0) is 6.42 Å². The summed E-state index contributed by atoms with van der Waals surface area (Å²) in [6.45, 7) is 2.94. The molecule has 0 spiro atoms. The molecule has 0 fully saturated rings. The summed E-state index contributed by atoms with van der Waals surface area (Å²) in [7, 11) is 1.64. The minimum Gasteiger partial charge on any atom is -1.00 e. The van der Waals surface area contributed by atoms with Gasteiger partial charge in [-0.3, -0.25) is 0 Å². The summed E-state index contributed by atoms with van der Waals surface area (Å²) in [4.78, 5) is 0. The van der Waals surface area contributed by atoms with E-state index < -0.39 is 0 Å². The van der Waals surface area contributed by atoms with Crippen molar-refractivity contribution in [2.24, 2.45) is 0 Å². The quantitative estimate of drug-likeness (QED) is 0.407. The Morgan fingerprint density at radius 1 is 1.25 bits per heavy atom. The normalized spacial score (nSPS) is 8.62. The standard InChI is InChI=1S/C12H17O2.BrH.Mg/c1-3-4-7-10-14-12-9-6-5-8-11(12)13-2;;/h6,8-9H,3-4,7,10H2,1-2H3;1H;/q-1;;+2/p-1.